The molecule has 1 aliphatic rings. The molecule has 1 fully saturated rings. The molecule has 2 amide bonds. The fraction of sp³-hybridized carbons (Fsp3) is 0.316. The molecule has 0 bridgehead atoms. The smallest absolute Gasteiger partial charge is 0.270 e. The van der Waals surface area contributed by atoms with Crippen LogP contribution in [0.5, 0.6) is 0 Å². The van der Waals surface area contributed by atoms with Gasteiger partial charge >= 0.3 is 0 Å². The molecule has 1 N–H and O–H groups in total. The monoisotopic (exact) mass is 323 g/mol. The number of hydrogen-bond donors (Lipinski definition) is 1. The molecule has 0 spiro atoms. The lowest BCUT2D eigenvalue weighted by molar-refractivity contribution is -0.129. The van der Waals surface area contributed by atoms with Gasteiger partial charge in [0, 0.05) is 25.2 Å². The minimum atomic E-state index is -0.321. The second kappa shape index (κ2) is 7.25. The Bertz CT molecular complexity index is 730. The normalized spacial score (nSPS) is 16.9. The van der Waals surface area contributed by atoms with E-state index < -0.39 is 0 Å². The minimum Gasteiger partial charge on any atom is -0.342 e. The minimum absolute atomic E-state index is 0.00982. The Labute approximate surface area is 141 Å². The van der Waals surface area contributed by atoms with Gasteiger partial charge in [-0.15, -0.1) is 0 Å². The summed E-state index contributed by atoms with van der Waals surface area (Å²) in [7, 11) is 0. The molecule has 1 saturated heterocycles. The number of carbonyl (C=O) groups excluding carboxylic acids is 2. The highest BCUT2D eigenvalue weighted by Crippen LogP contribution is 2.29. The van der Waals surface area contributed by atoms with Crippen molar-refractivity contribution < 1.29 is 9.59 Å². The summed E-state index contributed by atoms with van der Waals surface area (Å²) in [6, 6.07) is 13.4. The van der Waals surface area contributed by atoms with E-state index >= 15 is 0 Å². The fourth-order valence-corrected chi connectivity index (χ4v) is 3.14. The van der Waals surface area contributed by atoms with Crippen LogP contribution in [0.25, 0.3) is 0 Å². The van der Waals surface area contributed by atoms with Gasteiger partial charge in [-0.3, -0.25) is 14.6 Å². The Morgan fingerprint density at radius 1 is 1.21 bits per heavy atom. The van der Waals surface area contributed by atoms with Gasteiger partial charge in [0.05, 0.1) is 6.54 Å². The summed E-state index contributed by atoms with van der Waals surface area (Å²) < 4.78 is 0. The third-order valence-electron chi connectivity index (χ3n) is 4.47. The van der Waals surface area contributed by atoms with Crippen molar-refractivity contribution in [1.82, 2.24) is 15.2 Å². The molecule has 2 aromatic rings. The van der Waals surface area contributed by atoms with Crippen LogP contribution in [-0.4, -0.2) is 41.3 Å². The molecule has 24 heavy (non-hydrogen) atoms. The van der Waals surface area contributed by atoms with Crippen LogP contribution in [0.3, 0.4) is 0 Å². The number of rotatable bonds is 4. The molecule has 0 radical (unpaired) electrons. The van der Waals surface area contributed by atoms with Crippen LogP contribution in [0.15, 0.2) is 48.7 Å². The third-order valence-corrected chi connectivity index (χ3v) is 4.47. The lowest BCUT2D eigenvalue weighted by atomic mass is 9.94. The van der Waals surface area contributed by atoms with Gasteiger partial charge in [-0.05, 0) is 36.6 Å². The zero-order valence-electron chi connectivity index (χ0n) is 13.7. The topological polar surface area (TPSA) is 62.3 Å². The van der Waals surface area contributed by atoms with E-state index in [1.165, 1.54) is 11.1 Å². The highest BCUT2D eigenvalue weighted by molar-refractivity contribution is 5.94. The van der Waals surface area contributed by atoms with Crippen LogP contribution in [0.1, 0.15) is 34.0 Å². The average molecular weight is 323 g/mol. The van der Waals surface area contributed by atoms with Crippen molar-refractivity contribution in [3.05, 3.63) is 65.5 Å². The molecule has 3 rings (SSSR count). The van der Waals surface area contributed by atoms with Crippen LogP contribution in [0.4, 0.5) is 0 Å². The van der Waals surface area contributed by atoms with Crippen LogP contribution in [0, 0.1) is 6.92 Å². The zero-order chi connectivity index (χ0) is 16.9. The molecule has 5 heteroatoms. The van der Waals surface area contributed by atoms with Crippen LogP contribution < -0.4 is 5.32 Å². The predicted molar refractivity (Wildman–Crippen MR) is 91.7 cm³/mol. The number of hydrogen-bond acceptors (Lipinski definition) is 3. The molecule has 0 aliphatic carbocycles. The molecule has 124 valence electrons. The quantitative estimate of drug-likeness (QED) is 0.937. The van der Waals surface area contributed by atoms with Crippen molar-refractivity contribution in [2.75, 3.05) is 19.6 Å². The second-order valence-electron chi connectivity index (χ2n) is 6.08. The first-order valence-electron chi connectivity index (χ1n) is 8.17. The molecular formula is C19H21N3O2. The van der Waals surface area contributed by atoms with E-state index in [0.29, 0.717) is 18.2 Å². The number of aromatic nitrogens is 1. The molecule has 0 saturated carbocycles. The third kappa shape index (κ3) is 3.62. The van der Waals surface area contributed by atoms with Crippen molar-refractivity contribution in [3.63, 3.8) is 0 Å². The van der Waals surface area contributed by atoms with Gasteiger partial charge in [0.25, 0.3) is 5.91 Å². The molecular weight excluding hydrogens is 302 g/mol. The summed E-state index contributed by atoms with van der Waals surface area (Å²) in [4.78, 5) is 30.1. The molecule has 5 nitrogen and oxygen atoms in total. The number of nitrogens with one attached hydrogen (secondary N) is 1. The Morgan fingerprint density at radius 2 is 2.00 bits per heavy atom. The Hall–Kier alpha value is -2.69. The summed E-state index contributed by atoms with van der Waals surface area (Å²) in [6.07, 6.45) is 2.52. The van der Waals surface area contributed by atoms with Crippen molar-refractivity contribution in [2.45, 2.75) is 19.3 Å². The summed E-state index contributed by atoms with van der Waals surface area (Å²) in [5, 5.41) is 2.65. The van der Waals surface area contributed by atoms with E-state index in [4.69, 9.17) is 0 Å². The van der Waals surface area contributed by atoms with E-state index in [0.717, 1.165) is 13.0 Å². The molecule has 1 aliphatic heterocycles. The van der Waals surface area contributed by atoms with Gasteiger partial charge in [0.2, 0.25) is 5.91 Å². The molecule has 1 aromatic heterocycles. The second-order valence-corrected chi connectivity index (χ2v) is 6.08. The fourth-order valence-electron chi connectivity index (χ4n) is 3.14. The number of likely N-dealkylation sites (tertiary alicyclic amines) is 1. The lowest BCUT2D eigenvalue weighted by Gasteiger charge is -2.18. The maximum Gasteiger partial charge on any atom is 0.270 e. The van der Waals surface area contributed by atoms with Gasteiger partial charge in [-0.2, -0.15) is 0 Å². The first-order valence-corrected chi connectivity index (χ1v) is 8.17. The number of nitrogens with zero attached hydrogens (tertiary/aromatic N) is 2. The summed E-state index contributed by atoms with van der Waals surface area (Å²) in [6.45, 7) is 3.56. The Morgan fingerprint density at radius 3 is 2.75 bits per heavy atom. The molecule has 2 heterocycles. The highest BCUT2D eigenvalue weighted by atomic mass is 16.2. The van der Waals surface area contributed by atoms with E-state index in [1.807, 2.05) is 17.0 Å². The number of carbonyl (C=O) groups is 2. The SMILES string of the molecule is Cc1ccccc1C1CCN(C(=O)CNC(=O)c2ccccn2)C1. The highest BCUT2D eigenvalue weighted by Gasteiger charge is 2.28. The van der Waals surface area contributed by atoms with Gasteiger partial charge < -0.3 is 10.2 Å². The maximum absolute atomic E-state index is 12.3. The predicted octanol–water partition coefficient (Wildman–Crippen LogP) is 2.14. The molecule has 1 aromatic carbocycles. The number of amides is 2. The number of pyridine rings is 1. The zero-order valence-corrected chi connectivity index (χ0v) is 13.7. The van der Waals surface area contributed by atoms with Crippen molar-refractivity contribution in [3.8, 4) is 0 Å². The largest absolute Gasteiger partial charge is 0.342 e. The molecule has 1 unspecified atom stereocenters. The standard InChI is InChI=1S/C19H21N3O2/c1-14-6-2-3-7-16(14)15-9-11-22(13-15)18(23)12-21-19(24)17-8-4-5-10-20-17/h2-8,10,15H,9,11-13H2,1H3,(H,21,24). The Balaban J connectivity index is 1.54. The average Bonchev–Trinajstić information content (AvgIpc) is 3.10. The van der Waals surface area contributed by atoms with E-state index in [-0.39, 0.29) is 18.4 Å². The van der Waals surface area contributed by atoms with Gasteiger partial charge in [-0.1, -0.05) is 30.3 Å². The van der Waals surface area contributed by atoms with Gasteiger partial charge in [0.1, 0.15) is 5.69 Å². The summed E-state index contributed by atoms with van der Waals surface area (Å²) >= 11 is 0. The van der Waals surface area contributed by atoms with Crippen LogP contribution in [-0.2, 0) is 4.79 Å². The van der Waals surface area contributed by atoms with E-state index in [9.17, 15) is 9.59 Å². The maximum atomic E-state index is 12.3. The summed E-state index contributed by atoms with van der Waals surface area (Å²) in [5.74, 6) is 0.00982. The number of aryl methyl sites for hydroxylation is 1. The van der Waals surface area contributed by atoms with Gasteiger partial charge in [-0.25, -0.2) is 0 Å². The van der Waals surface area contributed by atoms with E-state index in [2.05, 4.69) is 29.4 Å². The molecule has 1 atom stereocenters. The number of benzene rings is 1. The summed E-state index contributed by atoms with van der Waals surface area (Å²) in [5.41, 5.74) is 2.90. The van der Waals surface area contributed by atoms with Crippen LogP contribution in [0.2, 0.25) is 0 Å². The van der Waals surface area contributed by atoms with Crippen molar-refractivity contribution in [1.29, 1.82) is 0 Å². The van der Waals surface area contributed by atoms with Gasteiger partial charge in [0.15, 0.2) is 0 Å². The van der Waals surface area contributed by atoms with Crippen molar-refractivity contribution >= 4 is 11.8 Å². The van der Waals surface area contributed by atoms with E-state index in [1.54, 1.807) is 24.4 Å². The lowest BCUT2D eigenvalue weighted by Crippen LogP contribution is -2.39. The first-order chi connectivity index (χ1) is 11.6. The first kappa shape index (κ1) is 16.2. The van der Waals surface area contributed by atoms with Crippen molar-refractivity contribution in [2.24, 2.45) is 0 Å². The van der Waals surface area contributed by atoms with Crippen LogP contribution >= 0.6 is 0 Å². The Kier molecular flexibility index (Phi) is 4.89.